The van der Waals surface area contributed by atoms with Crippen LogP contribution in [0.3, 0.4) is 0 Å². The Morgan fingerprint density at radius 3 is 2.71 bits per heavy atom. The van der Waals surface area contributed by atoms with Gasteiger partial charge in [-0.2, -0.15) is 0 Å². The first-order valence-corrected chi connectivity index (χ1v) is 7.65. The second kappa shape index (κ2) is 7.19. The molecule has 5 nitrogen and oxygen atoms in total. The number of hydrogen-bond donors (Lipinski definition) is 2. The standard InChI is InChI=1S/C15H19N3O2S/c1-11(2)18(9-14(19)20)8-13-10-21-15(17-13)16-12-6-4-3-5-7-12/h3-7,10-11H,8-9H2,1-2H3,(H,16,17)(H,19,20). The molecule has 0 bridgehead atoms. The Hall–Kier alpha value is -1.92. The number of carboxylic acid groups (broad SMARTS) is 1. The van der Waals surface area contributed by atoms with E-state index in [1.807, 2.05) is 54.5 Å². The molecule has 0 aliphatic heterocycles. The lowest BCUT2D eigenvalue weighted by Gasteiger charge is -2.23. The summed E-state index contributed by atoms with van der Waals surface area (Å²) < 4.78 is 0. The average molecular weight is 305 g/mol. The summed E-state index contributed by atoms with van der Waals surface area (Å²) in [6.07, 6.45) is 0. The van der Waals surface area contributed by atoms with Gasteiger partial charge >= 0.3 is 5.97 Å². The molecule has 2 N–H and O–H groups in total. The molecule has 0 radical (unpaired) electrons. The van der Waals surface area contributed by atoms with Crippen LogP contribution in [-0.4, -0.2) is 33.5 Å². The average Bonchev–Trinajstić information content (AvgIpc) is 2.86. The molecule has 112 valence electrons. The molecule has 2 aromatic rings. The summed E-state index contributed by atoms with van der Waals surface area (Å²) >= 11 is 1.52. The number of nitrogens with one attached hydrogen (secondary N) is 1. The molecule has 1 heterocycles. The lowest BCUT2D eigenvalue weighted by molar-refractivity contribution is -0.138. The van der Waals surface area contributed by atoms with Crippen molar-refractivity contribution in [1.82, 2.24) is 9.88 Å². The predicted octanol–water partition coefficient (Wildman–Crippen LogP) is 3.18. The van der Waals surface area contributed by atoms with Gasteiger partial charge in [0, 0.05) is 23.7 Å². The highest BCUT2D eigenvalue weighted by Gasteiger charge is 2.15. The molecule has 21 heavy (non-hydrogen) atoms. The highest BCUT2D eigenvalue weighted by Crippen LogP contribution is 2.21. The monoisotopic (exact) mass is 305 g/mol. The summed E-state index contributed by atoms with van der Waals surface area (Å²) in [6, 6.07) is 10.0. The number of nitrogens with zero attached hydrogens (tertiary/aromatic N) is 2. The number of aliphatic carboxylic acids is 1. The fourth-order valence-electron chi connectivity index (χ4n) is 1.88. The fourth-order valence-corrected chi connectivity index (χ4v) is 2.61. The first-order chi connectivity index (χ1) is 10.0. The Balaban J connectivity index is 2.00. The molecule has 0 amide bonds. The Kier molecular flexibility index (Phi) is 5.30. The highest BCUT2D eigenvalue weighted by atomic mass is 32.1. The fraction of sp³-hybridized carbons (Fsp3) is 0.333. The van der Waals surface area contributed by atoms with Gasteiger partial charge in [0.05, 0.1) is 12.2 Å². The van der Waals surface area contributed by atoms with Gasteiger partial charge < -0.3 is 10.4 Å². The Morgan fingerprint density at radius 2 is 2.10 bits per heavy atom. The zero-order chi connectivity index (χ0) is 15.2. The number of rotatable bonds is 7. The number of hydrogen-bond acceptors (Lipinski definition) is 5. The van der Waals surface area contributed by atoms with E-state index in [0.29, 0.717) is 6.54 Å². The van der Waals surface area contributed by atoms with Crippen LogP contribution in [0, 0.1) is 0 Å². The number of para-hydroxylation sites is 1. The Labute approximate surface area is 128 Å². The molecule has 0 aliphatic rings. The molecular weight excluding hydrogens is 286 g/mol. The zero-order valence-electron chi connectivity index (χ0n) is 12.1. The Morgan fingerprint density at radius 1 is 1.38 bits per heavy atom. The second-order valence-corrected chi connectivity index (χ2v) is 5.89. The number of carbonyl (C=O) groups is 1. The van der Waals surface area contributed by atoms with Crippen LogP contribution < -0.4 is 5.32 Å². The van der Waals surface area contributed by atoms with Crippen molar-refractivity contribution < 1.29 is 9.90 Å². The maximum Gasteiger partial charge on any atom is 0.317 e. The van der Waals surface area contributed by atoms with Gasteiger partial charge in [-0.1, -0.05) is 18.2 Å². The minimum atomic E-state index is -0.818. The molecule has 6 heteroatoms. The molecule has 1 aromatic heterocycles. The molecule has 0 atom stereocenters. The van der Waals surface area contributed by atoms with Crippen LogP contribution in [0.15, 0.2) is 35.7 Å². The summed E-state index contributed by atoms with van der Waals surface area (Å²) in [5, 5.41) is 15.0. The SMILES string of the molecule is CC(C)N(CC(=O)O)Cc1csc(Nc2ccccc2)n1. The van der Waals surface area contributed by atoms with Crippen molar-refractivity contribution in [3.8, 4) is 0 Å². The first-order valence-electron chi connectivity index (χ1n) is 6.77. The molecular formula is C15H19N3O2S. The second-order valence-electron chi connectivity index (χ2n) is 5.03. The van der Waals surface area contributed by atoms with Crippen LogP contribution in [0.25, 0.3) is 0 Å². The van der Waals surface area contributed by atoms with Crippen molar-refractivity contribution in [2.45, 2.75) is 26.4 Å². The highest BCUT2D eigenvalue weighted by molar-refractivity contribution is 7.13. The molecule has 1 aromatic carbocycles. The molecule has 0 unspecified atom stereocenters. The summed E-state index contributed by atoms with van der Waals surface area (Å²) in [6.45, 7) is 4.53. The molecule has 0 saturated carbocycles. The molecule has 0 saturated heterocycles. The third kappa shape index (κ3) is 4.84. The van der Waals surface area contributed by atoms with E-state index >= 15 is 0 Å². The molecule has 2 rings (SSSR count). The number of aromatic nitrogens is 1. The van der Waals surface area contributed by atoms with E-state index in [0.717, 1.165) is 16.5 Å². The molecule has 0 fully saturated rings. The van der Waals surface area contributed by atoms with E-state index in [9.17, 15) is 4.79 Å². The van der Waals surface area contributed by atoms with Gasteiger partial charge in [-0.15, -0.1) is 11.3 Å². The van der Waals surface area contributed by atoms with E-state index in [2.05, 4.69) is 10.3 Å². The van der Waals surface area contributed by atoms with E-state index < -0.39 is 5.97 Å². The van der Waals surface area contributed by atoms with Crippen LogP contribution in [0.5, 0.6) is 0 Å². The maximum absolute atomic E-state index is 10.9. The Bertz CT molecular complexity index is 584. The van der Waals surface area contributed by atoms with Crippen molar-refractivity contribution in [3.63, 3.8) is 0 Å². The van der Waals surface area contributed by atoms with Gasteiger partial charge in [-0.3, -0.25) is 9.69 Å². The minimum Gasteiger partial charge on any atom is -0.480 e. The van der Waals surface area contributed by atoms with Crippen molar-refractivity contribution >= 4 is 28.1 Å². The van der Waals surface area contributed by atoms with E-state index in [-0.39, 0.29) is 12.6 Å². The van der Waals surface area contributed by atoms with Gasteiger partial charge in [0.1, 0.15) is 0 Å². The normalized spacial score (nSPS) is 11.0. The van der Waals surface area contributed by atoms with E-state index in [1.165, 1.54) is 11.3 Å². The summed E-state index contributed by atoms with van der Waals surface area (Å²) in [5.74, 6) is -0.818. The van der Waals surface area contributed by atoms with E-state index in [1.54, 1.807) is 0 Å². The third-order valence-electron chi connectivity index (χ3n) is 3.01. The van der Waals surface area contributed by atoms with Crippen LogP contribution >= 0.6 is 11.3 Å². The summed E-state index contributed by atoms with van der Waals surface area (Å²) in [5.41, 5.74) is 1.87. The smallest absolute Gasteiger partial charge is 0.317 e. The van der Waals surface area contributed by atoms with Gasteiger partial charge in [-0.05, 0) is 26.0 Å². The number of carboxylic acids is 1. The van der Waals surface area contributed by atoms with Gasteiger partial charge in [0.15, 0.2) is 5.13 Å². The quantitative estimate of drug-likeness (QED) is 0.822. The first kappa shape index (κ1) is 15.5. The summed E-state index contributed by atoms with van der Waals surface area (Å²) in [7, 11) is 0. The lowest BCUT2D eigenvalue weighted by atomic mass is 10.3. The van der Waals surface area contributed by atoms with Crippen molar-refractivity contribution in [1.29, 1.82) is 0 Å². The van der Waals surface area contributed by atoms with Crippen molar-refractivity contribution in [3.05, 3.63) is 41.4 Å². The minimum absolute atomic E-state index is 0.0244. The third-order valence-corrected chi connectivity index (χ3v) is 3.82. The van der Waals surface area contributed by atoms with Crippen LogP contribution in [-0.2, 0) is 11.3 Å². The van der Waals surface area contributed by atoms with E-state index in [4.69, 9.17) is 5.11 Å². The predicted molar refractivity (Wildman–Crippen MR) is 85.0 cm³/mol. The largest absolute Gasteiger partial charge is 0.480 e. The van der Waals surface area contributed by atoms with Crippen molar-refractivity contribution in [2.24, 2.45) is 0 Å². The maximum atomic E-state index is 10.9. The number of benzene rings is 1. The van der Waals surface area contributed by atoms with Crippen LogP contribution in [0.4, 0.5) is 10.8 Å². The molecule has 0 spiro atoms. The van der Waals surface area contributed by atoms with Crippen LogP contribution in [0.2, 0.25) is 0 Å². The van der Waals surface area contributed by atoms with Gasteiger partial charge in [0.2, 0.25) is 0 Å². The van der Waals surface area contributed by atoms with Crippen LogP contribution in [0.1, 0.15) is 19.5 Å². The molecule has 0 aliphatic carbocycles. The van der Waals surface area contributed by atoms with Gasteiger partial charge in [0.25, 0.3) is 0 Å². The number of thiazole rings is 1. The summed E-state index contributed by atoms with van der Waals surface area (Å²) in [4.78, 5) is 17.3. The topological polar surface area (TPSA) is 65.5 Å². The zero-order valence-corrected chi connectivity index (χ0v) is 12.9. The van der Waals surface area contributed by atoms with Gasteiger partial charge in [-0.25, -0.2) is 4.98 Å². The lowest BCUT2D eigenvalue weighted by Crippen LogP contribution is -2.35. The number of anilines is 2. The van der Waals surface area contributed by atoms with Crippen molar-refractivity contribution in [2.75, 3.05) is 11.9 Å².